The number of carbonyl (C=O) groups excluding carboxylic acids is 1. The molecule has 1 amide bonds. The van der Waals surface area contributed by atoms with Crippen LogP contribution < -0.4 is 4.90 Å². The first-order chi connectivity index (χ1) is 7.80. The highest BCUT2D eigenvalue weighted by atomic mass is 32.2. The van der Waals surface area contributed by atoms with Crippen molar-refractivity contribution >= 4 is 21.7 Å². The van der Waals surface area contributed by atoms with E-state index in [1.165, 1.54) is 4.90 Å². The van der Waals surface area contributed by atoms with Crippen molar-refractivity contribution in [3.63, 3.8) is 0 Å². The molecule has 0 aromatic rings. The van der Waals surface area contributed by atoms with Crippen LogP contribution in [0.3, 0.4) is 0 Å². The lowest BCUT2D eigenvalue weighted by atomic mass is 10.4. The summed E-state index contributed by atoms with van der Waals surface area (Å²) in [6.07, 6.45) is 0. The molecule has 0 spiro atoms. The lowest BCUT2D eigenvalue weighted by Gasteiger charge is -2.28. The molecule has 1 unspecified atom stereocenters. The lowest BCUT2D eigenvalue weighted by molar-refractivity contribution is -0.837. The summed E-state index contributed by atoms with van der Waals surface area (Å²) < 4.78 is 22.3. The van der Waals surface area contributed by atoms with Gasteiger partial charge in [-0.15, -0.1) is 7.05 Å². The van der Waals surface area contributed by atoms with Crippen LogP contribution in [0.5, 0.6) is 0 Å². The van der Waals surface area contributed by atoms with Crippen LogP contribution in [0.4, 0.5) is 0 Å². The van der Waals surface area contributed by atoms with E-state index in [2.05, 4.69) is 7.05 Å². The molecular weight excluding hydrogens is 248 g/mol. The van der Waals surface area contributed by atoms with Gasteiger partial charge in [-0.2, -0.15) is 0 Å². The molecule has 0 bridgehead atoms. The Kier molecular flexibility index (Phi) is 4.47. The summed E-state index contributed by atoms with van der Waals surface area (Å²) in [7, 11) is 0.505. The van der Waals surface area contributed by atoms with E-state index in [4.69, 9.17) is 5.11 Å². The zero-order valence-electron chi connectivity index (χ0n) is 9.39. The predicted octanol–water partition coefficient (Wildman–Crippen LogP) is -3.00. The van der Waals surface area contributed by atoms with Gasteiger partial charge in [0.25, 0.3) is 5.91 Å². The minimum Gasteiger partial charge on any atom is -0.477 e. The Hall–Kier alpha value is -1.15. The van der Waals surface area contributed by atoms with Crippen LogP contribution in [0.2, 0.25) is 0 Å². The Morgan fingerprint density at radius 2 is 1.76 bits per heavy atom. The van der Waals surface area contributed by atoms with Crippen molar-refractivity contribution in [2.75, 3.05) is 37.7 Å². The van der Waals surface area contributed by atoms with Gasteiger partial charge in [-0.05, 0) is 0 Å². The average molecular weight is 264 g/mol. The van der Waals surface area contributed by atoms with Crippen molar-refractivity contribution in [2.45, 2.75) is 0 Å². The van der Waals surface area contributed by atoms with Gasteiger partial charge in [-0.25, -0.2) is 13.2 Å². The van der Waals surface area contributed by atoms with Gasteiger partial charge in [0.15, 0.2) is 16.4 Å². The number of aliphatic carboxylic acids is 1. The second-order valence-electron chi connectivity index (χ2n) is 4.03. The molecule has 0 aromatic carbocycles. The summed E-state index contributed by atoms with van der Waals surface area (Å²) in [6, 6.07) is 0. The SMILES string of the molecule is [CH2-][NH+](CC(=O)O)CC(=O)N1CCS(=O)(=O)CC1. The van der Waals surface area contributed by atoms with E-state index < -0.39 is 15.8 Å². The Morgan fingerprint density at radius 3 is 2.24 bits per heavy atom. The van der Waals surface area contributed by atoms with Crippen molar-refractivity contribution < 1.29 is 28.0 Å². The molecule has 98 valence electrons. The molecule has 8 heteroatoms. The fraction of sp³-hybridized carbons (Fsp3) is 0.667. The molecule has 1 fully saturated rings. The Bertz CT molecular complexity index is 392. The fourth-order valence-electron chi connectivity index (χ4n) is 1.56. The third-order valence-electron chi connectivity index (χ3n) is 2.50. The number of nitrogens with one attached hydrogen (secondary N) is 1. The van der Waals surface area contributed by atoms with Crippen LogP contribution in [-0.2, 0) is 19.4 Å². The number of carbonyl (C=O) groups is 2. The summed E-state index contributed by atoms with van der Waals surface area (Å²) >= 11 is 0. The third-order valence-corrected chi connectivity index (χ3v) is 4.11. The minimum atomic E-state index is -3.01. The molecule has 0 aromatic heterocycles. The lowest BCUT2D eigenvalue weighted by Crippen LogP contribution is -3.09. The van der Waals surface area contributed by atoms with E-state index >= 15 is 0 Å². The van der Waals surface area contributed by atoms with Crippen LogP contribution in [0.1, 0.15) is 0 Å². The van der Waals surface area contributed by atoms with Crippen LogP contribution in [0.15, 0.2) is 0 Å². The molecule has 0 radical (unpaired) electrons. The van der Waals surface area contributed by atoms with Gasteiger partial charge in [-0.1, -0.05) is 0 Å². The maximum Gasteiger partial charge on any atom is 0.356 e. The van der Waals surface area contributed by atoms with E-state index in [0.717, 1.165) is 0 Å². The molecule has 1 aliphatic rings. The zero-order valence-corrected chi connectivity index (χ0v) is 10.2. The Balaban J connectivity index is 2.41. The number of quaternary nitrogens is 1. The summed E-state index contributed by atoms with van der Waals surface area (Å²) in [5.74, 6) is -1.33. The number of rotatable bonds is 4. The number of carboxylic acid groups (broad SMARTS) is 1. The van der Waals surface area contributed by atoms with Crippen molar-refractivity contribution in [1.82, 2.24) is 4.90 Å². The summed E-state index contributed by atoms with van der Waals surface area (Å²) in [4.78, 5) is 23.8. The summed E-state index contributed by atoms with van der Waals surface area (Å²) in [6.45, 7) is 0.0905. The highest BCUT2D eigenvalue weighted by Gasteiger charge is 2.25. The first kappa shape index (κ1) is 13.9. The van der Waals surface area contributed by atoms with E-state index in [-0.39, 0.29) is 43.6 Å². The van der Waals surface area contributed by atoms with E-state index in [1.807, 2.05) is 0 Å². The highest BCUT2D eigenvalue weighted by molar-refractivity contribution is 7.91. The van der Waals surface area contributed by atoms with E-state index in [0.29, 0.717) is 4.90 Å². The predicted molar refractivity (Wildman–Crippen MR) is 58.9 cm³/mol. The molecule has 1 heterocycles. The van der Waals surface area contributed by atoms with Gasteiger partial charge in [0.1, 0.15) is 6.54 Å². The maximum absolute atomic E-state index is 11.7. The van der Waals surface area contributed by atoms with Gasteiger partial charge < -0.3 is 14.9 Å². The van der Waals surface area contributed by atoms with Gasteiger partial charge in [0.2, 0.25) is 0 Å². The molecule has 1 atom stereocenters. The van der Waals surface area contributed by atoms with Crippen LogP contribution >= 0.6 is 0 Å². The number of sulfone groups is 1. The largest absolute Gasteiger partial charge is 0.477 e. The number of hydrogen-bond donors (Lipinski definition) is 2. The Morgan fingerprint density at radius 1 is 1.24 bits per heavy atom. The fourth-order valence-corrected chi connectivity index (χ4v) is 2.77. The van der Waals surface area contributed by atoms with Gasteiger partial charge >= 0.3 is 5.97 Å². The summed E-state index contributed by atoms with van der Waals surface area (Å²) in [5.41, 5.74) is 0. The Labute approximate surface area is 99.9 Å². The second kappa shape index (κ2) is 5.46. The van der Waals surface area contributed by atoms with Crippen LogP contribution in [-0.4, -0.2) is 68.0 Å². The third kappa shape index (κ3) is 4.70. The average Bonchev–Trinajstić information content (AvgIpc) is 2.15. The first-order valence-electron chi connectivity index (χ1n) is 5.17. The first-order valence-corrected chi connectivity index (χ1v) is 6.99. The quantitative estimate of drug-likeness (QED) is 0.528. The molecule has 2 N–H and O–H groups in total. The van der Waals surface area contributed by atoms with Crippen molar-refractivity contribution in [2.24, 2.45) is 0 Å². The number of nitrogens with zero attached hydrogens (tertiary/aromatic N) is 1. The number of hydrogen-bond acceptors (Lipinski definition) is 4. The molecule has 0 saturated carbocycles. The van der Waals surface area contributed by atoms with Crippen LogP contribution in [0.25, 0.3) is 0 Å². The van der Waals surface area contributed by atoms with Crippen LogP contribution in [0, 0.1) is 7.05 Å². The van der Waals surface area contributed by atoms with Crippen molar-refractivity contribution in [3.05, 3.63) is 7.05 Å². The van der Waals surface area contributed by atoms with Crippen molar-refractivity contribution in [3.8, 4) is 0 Å². The highest BCUT2D eigenvalue weighted by Crippen LogP contribution is 2.02. The van der Waals surface area contributed by atoms with Gasteiger partial charge in [-0.3, -0.25) is 4.79 Å². The zero-order chi connectivity index (χ0) is 13.1. The van der Waals surface area contributed by atoms with Gasteiger partial charge in [0.05, 0.1) is 11.5 Å². The molecule has 7 nitrogen and oxygen atoms in total. The second-order valence-corrected chi connectivity index (χ2v) is 6.33. The number of carboxylic acids is 1. The van der Waals surface area contributed by atoms with E-state index in [9.17, 15) is 18.0 Å². The number of amides is 1. The molecular formula is C9H16N2O5S. The van der Waals surface area contributed by atoms with Gasteiger partial charge in [0, 0.05) is 13.1 Å². The normalized spacial score (nSPS) is 20.9. The van der Waals surface area contributed by atoms with Crippen molar-refractivity contribution in [1.29, 1.82) is 0 Å². The van der Waals surface area contributed by atoms with E-state index in [1.54, 1.807) is 0 Å². The molecule has 1 aliphatic heterocycles. The standard InChI is InChI=1S/C9H16N2O5S/c1-10(7-9(13)14)6-8(12)11-2-4-17(15,16)5-3-11/h10H,1-7H2,(H,13,14). The maximum atomic E-state index is 11.7. The minimum absolute atomic E-state index is 0.0237. The molecule has 1 saturated heterocycles. The molecule has 17 heavy (non-hydrogen) atoms. The summed E-state index contributed by atoms with van der Waals surface area (Å²) in [5, 5.41) is 8.51. The topological polar surface area (TPSA) is 96.2 Å². The molecule has 0 aliphatic carbocycles. The molecule has 1 rings (SSSR count). The smallest absolute Gasteiger partial charge is 0.356 e. The monoisotopic (exact) mass is 264 g/mol.